The molecule has 0 aliphatic rings. The number of aromatic nitrogens is 3. The average Bonchev–Trinajstić information content (AvgIpc) is 3.20. The van der Waals surface area contributed by atoms with Crippen molar-refractivity contribution in [3.63, 3.8) is 0 Å². The van der Waals surface area contributed by atoms with E-state index in [1.54, 1.807) is 35.8 Å². The van der Waals surface area contributed by atoms with Gasteiger partial charge in [-0.05, 0) is 36.8 Å². The third kappa shape index (κ3) is 4.61. The Labute approximate surface area is 171 Å². The van der Waals surface area contributed by atoms with E-state index < -0.39 is 11.9 Å². The van der Waals surface area contributed by atoms with E-state index in [4.69, 9.17) is 27.9 Å². The van der Waals surface area contributed by atoms with Gasteiger partial charge in [-0.3, -0.25) is 9.36 Å². The molecular weight excluding hydrogens is 406 g/mol. The number of rotatable bonds is 7. The summed E-state index contributed by atoms with van der Waals surface area (Å²) < 4.78 is 20.1. The van der Waals surface area contributed by atoms with E-state index in [2.05, 4.69) is 15.5 Å². The molecule has 3 rings (SSSR count). The van der Waals surface area contributed by atoms with Crippen LogP contribution in [0, 0.1) is 5.82 Å². The Balaban J connectivity index is 1.82. The first-order valence-corrected chi connectivity index (χ1v) is 9.25. The minimum absolute atomic E-state index is 0.176. The third-order valence-corrected chi connectivity index (χ3v) is 4.67. The zero-order valence-electron chi connectivity index (χ0n) is 14.9. The average molecular weight is 423 g/mol. The van der Waals surface area contributed by atoms with E-state index >= 15 is 0 Å². The summed E-state index contributed by atoms with van der Waals surface area (Å²) in [5, 5.41) is 11.4. The van der Waals surface area contributed by atoms with Crippen molar-refractivity contribution in [3.05, 3.63) is 70.5 Å². The summed E-state index contributed by atoms with van der Waals surface area (Å²) in [6, 6.07) is 9.12. The van der Waals surface area contributed by atoms with E-state index in [1.807, 2.05) is 0 Å². The van der Waals surface area contributed by atoms with Crippen LogP contribution in [0.2, 0.25) is 10.0 Å². The van der Waals surface area contributed by atoms with Gasteiger partial charge in [-0.1, -0.05) is 35.3 Å². The maximum absolute atomic E-state index is 13.2. The molecule has 0 spiro atoms. The van der Waals surface area contributed by atoms with Crippen LogP contribution in [0.25, 0.3) is 5.69 Å². The molecule has 3 aromatic rings. The molecule has 1 atom stereocenters. The van der Waals surface area contributed by atoms with Gasteiger partial charge in [0.15, 0.2) is 0 Å². The molecule has 1 N–H and O–H groups in total. The second-order valence-electron chi connectivity index (χ2n) is 5.89. The molecule has 1 aromatic heterocycles. The van der Waals surface area contributed by atoms with Crippen molar-refractivity contribution in [1.29, 1.82) is 0 Å². The predicted octanol–water partition coefficient (Wildman–Crippen LogP) is 4.47. The SMILES string of the molecule is CCOC(=O)C(CNc1c(Cl)cc(-n2cnnc2)cc1Cl)c1ccc(F)cc1. The number of esters is 1. The Bertz CT molecular complexity index is 926. The van der Waals surface area contributed by atoms with Crippen molar-refractivity contribution in [2.45, 2.75) is 12.8 Å². The van der Waals surface area contributed by atoms with E-state index in [9.17, 15) is 9.18 Å². The number of benzene rings is 2. The summed E-state index contributed by atoms with van der Waals surface area (Å²) in [5.41, 5.74) is 1.81. The van der Waals surface area contributed by atoms with Crippen LogP contribution in [0.1, 0.15) is 18.4 Å². The lowest BCUT2D eigenvalue weighted by Crippen LogP contribution is -2.23. The number of anilines is 1. The zero-order chi connectivity index (χ0) is 20.1. The molecule has 0 saturated heterocycles. The lowest BCUT2D eigenvalue weighted by atomic mass is 9.99. The molecule has 9 heteroatoms. The molecule has 0 fully saturated rings. The van der Waals surface area contributed by atoms with Gasteiger partial charge in [-0.2, -0.15) is 0 Å². The van der Waals surface area contributed by atoms with Crippen molar-refractivity contribution in [2.75, 3.05) is 18.5 Å². The maximum atomic E-state index is 13.2. The molecule has 2 aromatic carbocycles. The number of halogens is 3. The van der Waals surface area contributed by atoms with Crippen molar-refractivity contribution in [2.24, 2.45) is 0 Å². The summed E-state index contributed by atoms with van der Waals surface area (Å²) in [6.07, 6.45) is 3.06. The maximum Gasteiger partial charge on any atom is 0.315 e. The Kier molecular flexibility index (Phi) is 6.49. The van der Waals surface area contributed by atoms with E-state index in [-0.39, 0.29) is 19.0 Å². The zero-order valence-corrected chi connectivity index (χ0v) is 16.4. The molecule has 0 aliphatic carbocycles. The van der Waals surface area contributed by atoms with Crippen molar-refractivity contribution in [3.8, 4) is 5.69 Å². The van der Waals surface area contributed by atoms with Gasteiger partial charge in [0, 0.05) is 6.54 Å². The van der Waals surface area contributed by atoms with Gasteiger partial charge >= 0.3 is 5.97 Å². The van der Waals surface area contributed by atoms with Gasteiger partial charge in [0.2, 0.25) is 0 Å². The molecule has 0 radical (unpaired) electrons. The van der Waals surface area contributed by atoms with E-state index in [0.29, 0.717) is 27.0 Å². The molecule has 146 valence electrons. The summed E-state index contributed by atoms with van der Waals surface area (Å²) in [4.78, 5) is 12.4. The first-order chi connectivity index (χ1) is 13.5. The van der Waals surface area contributed by atoms with E-state index in [0.717, 1.165) is 0 Å². The van der Waals surface area contributed by atoms with Crippen LogP contribution in [0.4, 0.5) is 10.1 Å². The summed E-state index contributed by atoms with van der Waals surface area (Å²) in [7, 11) is 0. The molecule has 1 unspecified atom stereocenters. The van der Waals surface area contributed by atoms with E-state index in [1.165, 1.54) is 24.8 Å². The van der Waals surface area contributed by atoms with Crippen LogP contribution < -0.4 is 5.32 Å². The molecule has 0 saturated carbocycles. The molecule has 6 nitrogen and oxygen atoms in total. The fourth-order valence-electron chi connectivity index (χ4n) is 2.69. The Hall–Kier alpha value is -2.64. The number of carbonyl (C=O) groups excluding carboxylic acids is 1. The fraction of sp³-hybridized carbons (Fsp3) is 0.211. The normalized spacial score (nSPS) is 11.9. The second-order valence-corrected chi connectivity index (χ2v) is 6.71. The molecule has 1 heterocycles. The first-order valence-electron chi connectivity index (χ1n) is 8.49. The molecule has 0 aliphatic heterocycles. The highest BCUT2D eigenvalue weighted by Gasteiger charge is 2.23. The van der Waals surface area contributed by atoms with Gasteiger partial charge in [-0.15, -0.1) is 10.2 Å². The first kappa shape index (κ1) is 20.1. The molecular formula is C19H17Cl2FN4O2. The van der Waals surface area contributed by atoms with Crippen LogP contribution in [-0.2, 0) is 9.53 Å². The van der Waals surface area contributed by atoms with Crippen molar-refractivity contribution in [1.82, 2.24) is 14.8 Å². The lowest BCUT2D eigenvalue weighted by Gasteiger charge is -2.19. The Morgan fingerprint density at radius 1 is 1.18 bits per heavy atom. The molecule has 0 amide bonds. The van der Waals surface area contributed by atoms with Gasteiger partial charge in [0.25, 0.3) is 0 Å². The standard InChI is InChI=1S/C19H17Cl2FN4O2/c1-2-28-19(27)15(12-3-5-13(22)6-4-12)9-23-18-16(20)7-14(8-17(18)21)26-10-24-25-11-26/h3-8,10-11,15,23H,2,9H2,1H3. The van der Waals surface area contributed by atoms with Crippen LogP contribution in [0.3, 0.4) is 0 Å². The number of hydrogen-bond donors (Lipinski definition) is 1. The van der Waals surface area contributed by atoms with Gasteiger partial charge in [0.1, 0.15) is 18.5 Å². The van der Waals surface area contributed by atoms with Crippen LogP contribution in [0.15, 0.2) is 49.1 Å². The largest absolute Gasteiger partial charge is 0.465 e. The number of ether oxygens (including phenoxy) is 1. The topological polar surface area (TPSA) is 69.0 Å². The third-order valence-electron chi connectivity index (χ3n) is 4.07. The number of hydrogen-bond acceptors (Lipinski definition) is 5. The minimum atomic E-state index is -0.648. The Morgan fingerprint density at radius 3 is 2.36 bits per heavy atom. The van der Waals surface area contributed by atoms with Gasteiger partial charge in [0.05, 0.1) is 33.9 Å². The summed E-state index contributed by atoms with van der Waals surface area (Å²) in [6.45, 7) is 2.14. The quantitative estimate of drug-likeness (QED) is 0.568. The monoisotopic (exact) mass is 422 g/mol. The highest BCUT2D eigenvalue weighted by atomic mass is 35.5. The minimum Gasteiger partial charge on any atom is -0.465 e. The number of carbonyl (C=O) groups is 1. The molecule has 28 heavy (non-hydrogen) atoms. The van der Waals surface area contributed by atoms with Crippen LogP contribution in [-0.4, -0.2) is 33.9 Å². The highest BCUT2D eigenvalue weighted by molar-refractivity contribution is 6.39. The number of nitrogens with zero attached hydrogens (tertiary/aromatic N) is 3. The lowest BCUT2D eigenvalue weighted by molar-refractivity contribution is -0.144. The fourth-order valence-corrected chi connectivity index (χ4v) is 3.30. The smallest absolute Gasteiger partial charge is 0.315 e. The van der Waals surface area contributed by atoms with Gasteiger partial charge in [-0.25, -0.2) is 4.39 Å². The van der Waals surface area contributed by atoms with Crippen LogP contribution >= 0.6 is 23.2 Å². The highest BCUT2D eigenvalue weighted by Crippen LogP contribution is 2.34. The number of nitrogens with one attached hydrogen (secondary N) is 1. The van der Waals surface area contributed by atoms with Crippen molar-refractivity contribution < 1.29 is 13.9 Å². The predicted molar refractivity (Wildman–Crippen MR) is 106 cm³/mol. The summed E-state index contributed by atoms with van der Waals surface area (Å²) >= 11 is 12.8. The molecule has 0 bridgehead atoms. The summed E-state index contributed by atoms with van der Waals surface area (Å²) in [5.74, 6) is -1.45. The second kappa shape index (κ2) is 9.03. The van der Waals surface area contributed by atoms with Crippen molar-refractivity contribution >= 4 is 34.9 Å². The van der Waals surface area contributed by atoms with Crippen LogP contribution in [0.5, 0.6) is 0 Å². The van der Waals surface area contributed by atoms with Gasteiger partial charge < -0.3 is 10.1 Å². The Morgan fingerprint density at radius 2 is 1.79 bits per heavy atom.